The number of carbonyl (C=O) groups is 4. The van der Waals surface area contributed by atoms with Gasteiger partial charge in [0.15, 0.2) is 0 Å². The highest BCUT2D eigenvalue weighted by Gasteiger charge is 2.39. The van der Waals surface area contributed by atoms with E-state index in [2.05, 4.69) is 10.6 Å². The summed E-state index contributed by atoms with van der Waals surface area (Å²) in [5, 5.41) is 25.3. The van der Waals surface area contributed by atoms with Crippen molar-refractivity contribution in [3.05, 3.63) is 65.7 Å². The molecule has 2 aromatic rings. The highest BCUT2D eigenvalue weighted by molar-refractivity contribution is 5.94. The zero-order valence-corrected chi connectivity index (χ0v) is 26.7. The van der Waals surface area contributed by atoms with Gasteiger partial charge in [0.2, 0.25) is 11.8 Å². The number of aromatic hydroxyl groups is 1. The average Bonchev–Trinajstić information content (AvgIpc) is 2.89. The van der Waals surface area contributed by atoms with Crippen molar-refractivity contribution < 1.29 is 33.8 Å². The summed E-state index contributed by atoms with van der Waals surface area (Å²) in [6, 6.07) is 12.9. The molecule has 3 amide bonds. The molecule has 0 saturated carbocycles. The fraction of sp³-hybridized carbons (Fsp3) is 0.485. The lowest BCUT2D eigenvalue weighted by atomic mass is 9.98. The summed E-state index contributed by atoms with van der Waals surface area (Å²) in [7, 11) is 0. The van der Waals surface area contributed by atoms with Crippen LogP contribution in [0.25, 0.3) is 0 Å². The van der Waals surface area contributed by atoms with E-state index in [4.69, 9.17) is 9.47 Å². The first-order chi connectivity index (χ1) is 20.4. The fourth-order valence-corrected chi connectivity index (χ4v) is 4.33. The zero-order chi connectivity index (χ0) is 33.2. The Labute approximate surface area is 259 Å². The smallest absolute Gasteiger partial charge is 0.408 e. The van der Waals surface area contributed by atoms with Gasteiger partial charge in [-0.1, -0.05) is 56.3 Å². The van der Waals surface area contributed by atoms with Crippen molar-refractivity contribution in [1.29, 1.82) is 5.26 Å². The van der Waals surface area contributed by atoms with Gasteiger partial charge in [-0.15, -0.1) is 0 Å². The average molecular weight is 609 g/mol. The molecule has 11 heteroatoms. The van der Waals surface area contributed by atoms with Crippen LogP contribution in [-0.2, 0) is 30.3 Å². The second-order valence-electron chi connectivity index (χ2n) is 12.8. The number of alkyl carbamates (subject to hydrolysis) is 1. The number of hydrogen-bond acceptors (Lipinski definition) is 8. The normalized spacial score (nSPS) is 13.5. The number of phenols is 1. The molecule has 0 aliphatic carbocycles. The molecule has 0 radical (unpaired) electrons. The molecule has 44 heavy (non-hydrogen) atoms. The molecular formula is C33H44N4O7. The number of nitriles is 1. The number of benzene rings is 2. The second kappa shape index (κ2) is 15.2. The minimum atomic E-state index is -1.46. The van der Waals surface area contributed by atoms with E-state index < -0.39 is 65.7 Å². The van der Waals surface area contributed by atoms with E-state index in [1.54, 1.807) is 79.7 Å². The predicted octanol–water partition coefficient (Wildman–Crippen LogP) is 4.40. The molecule has 0 aromatic heterocycles. The number of carbonyl (C=O) groups excluding carboxylic acids is 4. The van der Waals surface area contributed by atoms with Crippen LogP contribution in [0.15, 0.2) is 54.6 Å². The van der Waals surface area contributed by atoms with Crippen molar-refractivity contribution in [2.75, 3.05) is 6.54 Å². The molecule has 238 valence electrons. The Kier molecular flexibility index (Phi) is 12.3. The van der Waals surface area contributed by atoms with Crippen molar-refractivity contribution in [3.63, 3.8) is 0 Å². The highest BCUT2D eigenvalue weighted by Crippen LogP contribution is 2.27. The van der Waals surface area contributed by atoms with Gasteiger partial charge in [-0.3, -0.25) is 9.59 Å². The van der Waals surface area contributed by atoms with Crippen LogP contribution in [-0.4, -0.2) is 63.7 Å². The Morgan fingerprint density at radius 3 is 2.05 bits per heavy atom. The third-order valence-electron chi connectivity index (χ3n) is 6.17. The molecule has 0 aliphatic rings. The van der Waals surface area contributed by atoms with Gasteiger partial charge < -0.3 is 30.1 Å². The van der Waals surface area contributed by atoms with Crippen molar-refractivity contribution in [1.82, 2.24) is 15.5 Å². The van der Waals surface area contributed by atoms with Crippen LogP contribution in [0.5, 0.6) is 5.75 Å². The second-order valence-corrected chi connectivity index (χ2v) is 12.8. The molecule has 0 bridgehead atoms. The molecule has 11 nitrogen and oxygen atoms in total. The summed E-state index contributed by atoms with van der Waals surface area (Å²) in [6.45, 7) is 13.0. The first-order valence-electron chi connectivity index (χ1n) is 14.4. The van der Waals surface area contributed by atoms with E-state index in [-0.39, 0.29) is 17.7 Å². The van der Waals surface area contributed by atoms with Crippen LogP contribution >= 0.6 is 0 Å². The van der Waals surface area contributed by atoms with Crippen LogP contribution in [0, 0.1) is 17.2 Å². The van der Waals surface area contributed by atoms with Crippen LogP contribution in [0.4, 0.5) is 4.79 Å². The number of nitrogens with one attached hydrogen (secondary N) is 2. The van der Waals surface area contributed by atoms with Crippen molar-refractivity contribution in [2.45, 2.75) is 91.1 Å². The molecule has 0 aliphatic heterocycles. The van der Waals surface area contributed by atoms with E-state index in [1.165, 1.54) is 24.3 Å². The maximum Gasteiger partial charge on any atom is 0.408 e. The molecule has 0 heterocycles. The topological polar surface area (TPSA) is 158 Å². The molecule has 0 spiro atoms. The standard InChI is InChI=1S/C33H44N4O7/c1-21(2)26(36-31(42)44-33(6,7)8)29(40)37(18-17-34)27(23-15-12-16-24(38)20-23)28(39)35-25(30(41)43-32(3,4)5)19-22-13-10-9-11-14-22/h9-16,20-21,25-27,38H,18-19H2,1-8H3,(H,35,39)(H,36,42). The molecule has 0 fully saturated rings. The number of esters is 1. The Bertz CT molecular complexity index is 1340. The lowest BCUT2D eigenvalue weighted by molar-refractivity contribution is -0.159. The van der Waals surface area contributed by atoms with Gasteiger partial charge in [0, 0.05) is 6.42 Å². The summed E-state index contributed by atoms with van der Waals surface area (Å²) in [4.78, 5) is 55.2. The minimum absolute atomic E-state index is 0.0925. The fourth-order valence-electron chi connectivity index (χ4n) is 4.33. The Hall–Kier alpha value is -4.59. The molecule has 3 N–H and O–H groups in total. The van der Waals surface area contributed by atoms with Crippen LogP contribution in [0.1, 0.15) is 72.6 Å². The van der Waals surface area contributed by atoms with Gasteiger partial charge >= 0.3 is 12.1 Å². The van der Waals surface area contributed by atoms with Gasteiger partial charge in [-0.05, 0) is 70.7 Å². The van der Waals surface area contributed by atoms with Gasteiger partial charge in [-0.2, -0.15) is 5.26 Å². The number of ether oxygens (including phenoxy) is 2. The minimum Gasteiger partial charge on any atom is -0.508 e. The lowest BCUT2D eigenvalue weighted by Gasteiger charge is -2.35. The van der Waals surface area contributed by atoms with Gasteiger partial charge in [-0.25, -0.2) is 9.59 Å². The van der Waals surface area contributed by atoms with E-state index >= 15 is 0 Å². The SMILES string of the molecule is CC(C)C(NC(=O)OC(C)(C)C)C(=O)N(CC#N)C(C(=O)NC(Cc1ccccc1)C(=O)OC(C)(C)C)c1cccc(O)c1. The summed E-state index contributed by atoms with van der Waals surface area (Å²) in [5.41, 5.74) is -0.736. The van der Waals surface area contributed by atoms with Crippen molar-refractivity contribution >= 4 is 23.9 Å². The third-order valence-corrected chi connectivity index (χ3v) is 6.17. The number of phenolic OH excluding ortho intramolecular Hbond substituents is 1. The third kappa shape index (κ3) is 11.2. The van der Waals surface area contributed by atoms with Crippen LogP contribution in [0.2, 0.25) is 0 Å². The monoisotopic (exact) mass is 608 g/mol. The molecule has 3 atom stereocenters. The first kappa shape index (κ1) is 35.6. The largest absolute Gasteiger partial charge is 0.508 e. The van der Waals surface area contributed by atoms with E-state index in [0.717, 1.165) is 10.5 Å². The first-order valence-corrected chi connectivity index (χ1v) is 14.4. The lowest BCUT2D eigenvalue weighted by Crippen LogP contribution is -2.56. The highest BCUT2D eigenvalue weighted by atomic mass is 16.6. The summed E-state index contributed by atoms with van der Waals surface area (Å²) >= 11 is 0. The number of amides is 3. The van der Waals surface area contributed by atoms with Crippen LogP contribution < -0.4 is 10.6 Å². The van der Waals surface area contributed by atoms with Crippen LogP contribution in [0.3, 0.4) is 0 Å². The predicted molar refractivity (Wildman–Crippen MR) is 164 cm³/mol. The van der Waals surface area contributed by atoms with Gasteiger partial charge in [0.05, 0.1) is 6.07 Å². The van der Waals surface area contributed by atoms with E-state index in [0.29, 0.717) is 0 Å². The number of nitrogens with zero attached hydrogens (tertiary/aromatic N) is 2. The quantitative estimate of drug-likeness (QED) is 0.250. The Morgan fingerprint density at radius 1 is 0.909 bits per heavy atom. The number of rotatable bonds is 11. The van der Waals surface area contributed by atoms with Gasteiger partial charge in [0.1, 0.15) is 41.6 Å². The van der Waals surface area contributed by atoms with Crippen molar-refractivity contribution in [3.8, 4) is 11.8 Å². The summed E-state index contributed by atoms with van der Waals surface area (Å²) < 4.78 is 10.9. The Morgan fingerprint density at radius 2 is 1.52 bits per heavy atom. The van der Waals surface area contributed by atoms with E-state index in [9.17, 15) is 29.5 Å². The summed E-state index contributed by atoms with van der Waals surface area (Å²) in [5.74, 6) is -2.84. The summed E-state index contributed by atoms with van der Waals surface area (Å²) in [6.07, 6.45) is -0.748. The van der Waals surface area contributed by atoms with Crippen molar-refractivity contribution in [2.24, 2.45) is 5.92 Å². The molecule has 3 unspecified atom stereocenters. The van der Waals surface area contributed by atoms with Gasteiger partial charge in [0.25, 0.3) is 0 Å². The Balaban J connectivity index is 2.57. The maximum absolute atomic E-state index is 14.1. The maximum atomic E-state index is 14.1. The zero-order valence-electron chi connectivity index (χ0n) is 26.7. The molecule has 2 rings (SSSR count). The van der Waals surface area contributed by atoms with E-state index in [1.807, 2.05) is 12.1 Å². The molecule has 0 saturated heterocycles. The number of hydrogen-bond donors (Lipinski definition) is 3. The molecule has 2 aromatic carbocycles. The molecular weight excluding hydrogens is 564 g/mol.